The van der Waals surface area contributed by atoms with Crippen molar-refractivity contribution >= 4 is 17.1 Å². The average molecular weight is 442 g/mol. The largest absolute Gasteiger partial charge is 0.381 e. The maximum atomic E-state index is 13.8. The summed E-state index contributed by atoms with van der Waals surface area (Å²) in [7, 11) is 1.78. The van der Waals surface area contributed by atoms with E-state index in [-0.39, 0.29) is 17.3 Å². The summed E-state index contributed by atoms with van der Waals surface area (Å²) in [5, 5.41) is 1.13. The molecule has 0 spiro atoms. The molecule has 4 heterocycles. The second kappa shape index (κ2) is 7.81. The van der Waals surface area contributed by atoms with Crippen molar-refractivity contribution in [1.82, 2.24) is 9.13 Å². The summed E-state index contributed by atoms with van der Waals surface area (Å²) in [5.74, 6) is 0.0288. The molecule has 0 unspecified atom stereocenters. The summed E-state index contributed by atoms with van der Waals surface area (Å²) in [6.07, 6.45) is 5.67. The van der Waals surface area contributed by atoms with Crippen LogP contribution in [0.4, 0.5) is 4.39 Å². The Morgan fingerprint density at radius 1 is 1.06 bits per heavy atom. The van der Waals surface area contributed by atoms with Gasteiger partial charge < -0.3 is 13.9 Å². The molecule has 6 heteroatoms. The SMILES string of the molecule is Cn1cc(-c2c(C3CCOCC3)n(-c3ccc(F)cc3)c3cc4c(cc23)CN=C4)ccc1=O. The highest BCUT2D eigenvalue weighted by Crippen LogP contribution is 2.44. The number of hydrogen-bond donors (Lipinski definition) is 0. The monoisotopic (exact) mass is 441 g/mol. The zero-order valence-electron chi connectivity index (χ0n) is 18.4. The number of aliphatic imine (C=N–C) groups is 1. The van der Waals surface area contributed by atoms with Gasteiger partial charge in [-0.25, -0.2) is 4.39 Å². The van der Waals surface area contributed by atoms with Gasteiger partial charge in [0.15, 0.2) is 0 Å². The van der Waals surface area contributed by atoms with Gasteiger partial charge in [-0.2, -0.15) is 0 Å². The first-order valence-electron chi connectivity index (χ1n) is 11.3. The van der Waals surface area contributed by atoms with Crippen LogP contribution in [0.3, 0.4) is 0 Å². The number of ether oxygens (including phenoxy) is 1. The zero-order chi connectivity index (χ0) is 22.5. The smallest absolute Gasteiger partial charge is 0.250 e. The fraction of sp³-hybridized carbons (Fsp3) is 0.259. The molecular weight excluding hydrogens is 417 g/mol. The zero-order valence-corrected chi connectivity index (χ0v) is 18.4. The number of fused-ring (bicyclic) bond motifs is 2. The van der Waals surface area contributed by atoms with Crippen molar-refractivity contribution in [2.75, 3.05) is 13.2 Å². The summed E-state index contributed by atoms with van der Waals surface area (Å²) in [4.78, 5) is 16.6. The lowest BCUT2D eigenvalue weighted by atomic mass is 9.90. The molecule has 0 saturated carbocycles. The third-order valence-electron chi connectivity index (χ3n) is 6.82. The van der Waals surface area contributed by atoms with Crippen molar-refractivity contribution in [3.63, 3.8) is 0 Å². The lowest BCUT2D eigenvalue weighted by Gasteiger charge is -2.26. The summed E-state index contributed by atoms with van der Waals surface area (Å²) in [6, 6.07) is 14.7. The molecule has 33 heavy (non-hydrogen) atoms. The van der Waals surface area contributed by atoms with Crippen LogP contribution in [-0.4, -0.2) is 28.6 Å². The van der Waals surface area contributed by atoms with Gasteiger partial charge >= 0.3 is 0 Å². The number of nitrogens with zero attached hydrogens (tertiary/aromatic N) is 3. The number of benzene rings is 2. The minimum atomic E-state index is -0.255. The van der Waals surface area contributed by atoms with Gasteiger partial charge in [0, 0.05) is 72.6 Å². The van der Waals surface area contributed by atoms with Crippen molar-refractivity contribution < 1.29 is 9.13 Å². The van der Waals surface area contributed by atoms with E-state index in [0.717, 1.165) is 46.1 Å². The van der Waals surface area contributed by atoms with Gasteiger partial charge in [-0.05, 0) is 66.4 Å². The molecule has 2 aromatic carbocycles. The van der Waals surface area contributed by atoms with Gasteiger partial charge in [-0.15, -0.1) is 0 Å². The Bertz CT molecular complexity index is 1460. The Hall–Kier alpha value is -3.51. The molecule has 2 aromatic heterocycles. The van der Waals surface area contributed by atoms with Gasteiger partial charge in [0.2, 0.25) is 5.56 Å². The highest BCUT2D eigenvalue weighted by molar-refractivity contribution is 6.03. The van der Waals surface area contributed by atoms with E-state index in [1.54, 1.807) is 17.7 Å². The van der Waals surface area contributed by atoms with Gasteiger partial charge in [0.25, 0.3) is 0 Å². The molecule has 1 saturated heterocycles. The molecule has 0 atom stereocenters. The van der Waals surface area contributed by atoms with Crippen LogP contribution in [-0.2, 0) is 18.3 Å². The first kappa shape index (κ1) is 20.1. The Morgan fingerprint density at radius 3 is 2.61 bits per heavy atom. The highest BCUT2D eigenvalue weighted by atomic mass is 19.1. The van der Waals surface area contributed by atoms with Crippen LogP contribution in [0.2, 0.25) is 0 Å². The number of aryl methyl sites for hydroxylation is 1. The maximum Gasteiger partial charge on any atom is 0.250 e. The Balaban J connectivity index is 1.74. The first-order chi connectivity index (χ1) is 16.1. The van der Waals surface area contributed by atoms with E-state index in [2.05, 4.69) is 21.7 Å². The molecule has 2 aliphatic heterocycles. The number of halogens is 1. The van der Waals surface area contributed by atoms with Crippen LogP contribution >= 0.6 is 0 Å². The van der Waals surface area contributed by atoms with Crippen molar-refractivity contribution in [2.45, 2.75) is 25.3 Å². The van der Waals surface area contributed by atoms with Crippen molar-refractivity contribution in [3.05, 3.63) is 87.7 Å². The van der Waals surface area contributed by atoms with Crippen LogP contribution in [0.15, 0.2) is 64.5 Å². The van der Waals surface area contributed by atoms with E-state index in [9.17, 15) is 9.18 Å². The Morgan fingerprint density at radius 2 is 1.85 bits per heavy atom. The van der Waals surface area contributed by atoms with Gasteiger partial charge in [-0.3, -0.25) is 9.79 Å². The normalized spacial score (nSPS) is 15.9. The molecule has 0 bridgehead atoms. The van der Waals surface area contributed by atoms with Crippen molar-refractivity contribution in [3.8, 4) is 16.8 Å². The molecule has 1 fully saturated rings. The van der Waals surface area contributed by atoms with E-state index >= 15 is 0 Å². The third-order valence-corrected chi connectivity index (χ3v) is 6.82. The molecule has 0 amide bonds. The van der Waals surface area contributed by atoms with E-state index in [1.807, 2.05) is 30.6 Å². The average Bonchev–Trinajstić information content (AvgIpc) is 3.42. The lowest BCUT2D eigenvalue weighted by Crippen LogP contribution is -2.18. The van der Waals surface area contributed by atoms with E-state index < -0.39 is 0 Å². The van der Waals surface area contributed by atoms with Crippen molar-refractivity contribution in [1.29, 1.82) is 0 Å². The van der Waals surface area contributed by atoms with Crippen LogP contribution in [0, 0.1) is 5.82 Å². The summed E-state index contributed by atoms with van der Waals surface area (Å²) >= 11 is 0. The van der Waals surface area contributed by atoms with Gasteiger partial charge in [0.05, 0.1) is 12.1 Å². The number of rotatable bonds is 3. The minimum absolute atomic E-state index is 0.0390. The molecule has 6 rings (SSSR count). The van der Waals surface area contributed by atoms with E-state index in [4.69, 9.17) is 4.74 Å². The van der Waals surface area contributed by atoms with Gasteiger partial charge in [-0.1, -0.05) is 0 Å². The third kappa shape index (κ3) is 3.33. The first-order valence-corrected chi connectivity index (χ1v) is 11.3. The molecule has 5 nitrogen and oxygen atoms in total. The van der Waals surface area contributed by atoms with E-state index in [1.165, 1.54) is 23.4 Å². The maximum absolute atomic E-state index is 13.8. The Kier molecular flexibility index (Phi) is 4.76. The molecule has 0 radical (unpaired) electrons. The number of aromatic nitrogens is 2. The second-order valence-electron chi connectivity index (χ2n) is 8.86. The molecule has 166 valence electrons. The lowest BCUT2D eigenvalue weighted by molar-refractivity contribution is 0.0843. The fourth-order valence-corrected chi connectivity index (χ4v) is 5.18. The standard InChI is InChI=1S/C27H24FN3O2/c1-30-16-18(2-7-25(30)32)26-23-12-19-14-29-15-20(19)13-24(23)31(22-5-3-21(28)4-6-22)27(26)17-8-10-33-11-9-17/h2-7,12-13,15-17H,8-11,14H2,1H3. The molecule has 0 aliphatic carbocycles. The quantitative estimate of drug-likeness (QED) is 0.451. The minimum Gasteiger partial charge on any atom is -0.381 e. The predicted octanol–water partition coefficient (Wildman–Crippen LogP) is 4.96. The van der Waals surface area contributed by atoms with Crippen LogP contribution < -0.4 is 5.56 Å². The predicted molar refractivity (Wildman–Crippen MR) is 128 cm³/mol. The van der Waals surface area contributed by atoms with Crippen LogP contribution in [0.25, 0.3) is 27.7 Å². The van der Waals surface area contributed by atoms with Crippen LogP contribution in [0.5, 0.6) is 0 Å². The fourth-order valence-electron chi connectivity index (χ4n) is 5.18. The van der Waals surface area contributed by atoms with Crippen LogP contribution in [0.1, 0.15) is 35.6 Å². The summed E-state index contributed by atoms with van der Waals surface area (Å²) in [5.41, 5.74) is 7.60. The van der Waals surface area contributed by atoms with Gasteiger partial charge in [0.1, 0.15) is 5.82 Å². The summed E-state index contributed by atoms with van der Waals surface area (Å²) < 4.78 is 23.4. The van der Waals surface area contributed by atoms with E-state index in [0.29, 0.717) is 19.8 Å². The molecule has 4 aromatic rings. The molecular formula is C27H24FN3O2. The second-order valence-corrected chi connectivity index (χ2v) is 8.86. The number of pyridine rings is 1. The molecule has 2 aliphatic rings. The topological polar surface area (TPSA) is 48.5 Å². The Labute approximate surface area is 190 Å². The molecule has 0 N–H and O–H groups in total. The van der Waals surface area contributed by atoms with Crippen molar-refractivity contribution in [2.24, 2.45) is 12.0 Å². The highest BCUT2D eigenvalue weighted by Gasteiger charge is 2.29. The number of hydrogen-bond acceptors (Lipinski definition) is 3. The summed E-state index contributed by atoms with van der Waals surface area (Å²) in [6.45, 7) is 2.10.